The van der Waals surface area contributed by atoms with Crippen molar-refractivity contribution in [2.75, 3.05) is 18.1 Å². The van der Waals surface area contributed by atoms with Crippen molar-refractivity contribution in [1.29, 1.82) is 0 Å². The fourth-order valence-electron chi connectivity index (χ4n) is 5.81. The fraction of sp³-hybridized carbons (Fsp3) is 0.538. The van der Waals surface area contributed by atoms with E-state index in [2.05, 4.69) is 15.3 Å². The Labute approximate surface area is 227 Å². The number of alkyl halides is 3. The van der Waals surface area contributed by atoms with Crippen molar-refractivity contribution in [2.24, 2.45) is 7.05 Å². The van der Waals surface area contributed by atoms with Crippen molar-refractivity contribution in [2.45, 2.75) is 70.1 Å². The van der Waals surface area contributed by atoms with E-state index in [9.17, 15) is 22.7 Å². The lowest BCUT2D eigenvalue weighted by molar-refractivity contribution is -0.141. The van der Waals surface area contributed by atoms with Crippen molar-refractivity contribution < 1.29 is 27.4 Å². The molecule has 6 heterocycles. The van der Waals surface area contributed by atoms with Crippen molar-refractivity contribution in [3.8, 4) is 22.8 Å². The molecular weight excluding hydrogens is 532 g/mol. The summed E-state index contributed by atoms with van der Waals surface area (Å²) < 4.78 is 66.4. The van der Waals surface area contributed by atoms with E-state index in [1.807, 2.05) is 11.8 Å². The van der Waals surface area contributed by atoms with Gasteiger partial charge in [0.1, 0.15) is 29.0 Å². The van der Waals surface area contributed by atoms with Gasteiger partial charge in [-0.3, -0.25) is 9.36 Å². The number of aromatic nitrogens is 7. The lowest BCUT2D eigenvalue weighted by Crippen LogP contribution is -2.43. The number of hydrogen-bond donors (Lipinski definition) is 1. The smallest absolute Gasteiger partial charge is 0.393 e. The standard InChI is InChI=1S/C26H30F4N8O2/c1-15-11-16(39)7-9-36(15)20-12-18(24-17(27)13-32-35(24)2)33-23-22(34-37(25(20)23)14-26(28,29)30)19-6-8-31-38(19)21-5-3-4-10-40-21/h6,8,12-13,15-16,21,39H,3-5,7,9-11,14H2,1-2H3/t15-,16-,21?/m1/s1. The third-order valence-corrected chi connectivity index (χ3v) is 7.64. The van der Waals surface area contributed by atoms with Gasteiger partial charge in [0, 0.05) is 32.4 Å². The SMILES string of the molecule is C[C@@H]1C[C@H](O)CCN1c1cc(-c2c(F)cnn2C)nc2c(-c3ccnn3C3CCCCO3)nn(CC(F)(F)F)c12. The molecule has 0 spiro atoms. The number of halogens is 4. The first-order chi connectivity index (χ1) is 19.1. The van der Waals surface area contributed by atoms with Gasteiger partial charge in [-0.1, -0.05) is 0 Å². The summed E-state index contributed by atoms with van der Waals surface area (Å²) in [5.41, 5.74) is 1.77. The molecule has 1 unspecified atom stereocenters. The molecule has 10 nitrogen and oxygen atoms in total. The van der Waals surface area contributed by atoms with Gasteiger partial charge < -0.3 is 14.7 Å². The van der Waals surface area contributed by atoms with Crippen LogP contribution in [0.2, 0.25) is 0 Å². The van der Waals surface area contributed by atoms with Crippen LogP contribution >= 0.6 is 0 Å². The number of rotatable bonds is 5. The Hall–Kier alpha value is -3.52. The Morgan fingerprint density at radius 1 is 1.18 bits per heavy atom. The molecule has 1 N–H and O–H groups in total. The number of nitrogens with zero attached hydrogens (tertiary/aromatic N) is 8. The maximum Gasteiger partial charge on any atom is 0.408 e. The molecule has 2 aliphatic rings. The normalized spacial score (nSPS) is 22.4. The summed E-state index contributed by atoms with van der Waals surface area (Å²) in [6.45, 7) is 1.52. The molecule has 14 heteroatoms. The molecule has 0 aliphatic carbocycles. The van der Waals surface area contributed by atoms with Crippen LogP contribution < -0.4 is 4.90 Å². The Morgan fingerprint density at radius 3 is 2.67 bits per heavy atom. The number of hydrogen-bond acceptors (Lipinski definition) is 7. The number of aliphatic hydroxyl groups excluding tert-OH is 1. The molecule has 2 fully saturated rings. The second-order valence-electron chi connectivity index (χ2n) is 10.5. The third-order valence-electron chi connectivity index (χ3n) is 7.64. The predicted octanol–water partition coefficient (Wildman–Crippen LogP) is 4.45. The first kappa shape index (κ1) is 26.7. The van der Waals surface area contributed by atoms with Gasteiger partial charge in [0.25, 0.3) is 0 Å². The minimum absolute atomic E-state index is 0.103. The Balaban J connectivity index is 1.63. The van der Waals surface area contributed by atoms with E-state index in [4.69, 9.17) is 9.72 Å². The molecule has 4 aromatic rings. The number of anilines is 1. The predicted molar refractivity (Wildman–Crippen MR) is 138 cm³/mol. The van der Waals surface area contributed by atoms with Gasteiger partial charge in [-0.25, -0.2) is 14.1 Å². The Kier molecular flexibility index (Phi) is 6.77. The monoisotopic (exact) mass is 562 g/mol. The summed E-state index contributed by atoms with van der Waals surface area (Å²) in [5.74, 6) is -0.604. The van der Waals surface area contributed by atoms with Gasteiger partial charge in [-0.15, -0.1) is 0 Å². The molecule has 40 heavy (non-hydrogen) atoms. The summed E-state index contributed by atoms with van der Waals surface area (Å²) in [5, 5.41) is 23.1. The second kappa shape index (κ2) is 10.1. The molecule has 2 aliphatic heterocycles. The van der Waals surface area contributed by atoms with Crippen molar-refractivity contribution in [3.63, 3.8) is 0 Å². The highest BCUT2D eigenvalue weighted by Gasteiger charge is 2.35. The van der Waals surface area contributed by atoms with Gasteiger partial charge in [0.2, 0.25) is 0 Å². The zero-order valence-corrected chi connectivity index (χ0v) is 22.1. The van der Waals surface area contributed by atoms with Gasteiger partial charge in [-0.05, 0) is 51.2 Å². The molecular formula is C26H30F4N8O2. The second-order valence-corrected chi connectivity index (χ2v) is 10.5. The largest absolute Gasteiger partial charge is 0.408 e. The highest BCUT2D eigenvalue weighted by Crippen LogP contribution is 2.40. The molecule has 3 atom stereocenters. The van der Waals surface area contributed by atoms with E-state index < -0.39 is 24.6 Å². The van der Waals surface area contributed by atoms with E-state index in [1.54, 1.807) is 30.1 Å². The minimum Gasteiger partial charge on any atom is -0.393 e. The first-order valence-electron chi connectivity index (χ1n) is 13.4. The van der Waals surface area contributed by atoms with E-state index in [0.717, 1.165) is 23.7 Å². The van der Waals surface area contributed by atoms with E-state index >= 15 is 0 Å². The highest BCUT2D eigenvalue weighted by molar-refractivity contribution is 5.99. The minimum atomic E-state index is -4.56. The molecule has 2 saturated heterocycles. The maximum absolute atomic E-state index is 14.9. The molecule has 0 radical (unpaired) electrons. The number of piperidine rings is 1. The zero-order chi connectivity index (χ0) is 28.2. The van der Waals surface area contributed by atoms with E-state index in [-0.39, 0.29) is 40.4 Å². The molecule has 0 amide bonds. The van der Waals surface area contributed by atoms with Crippen LogP contribution in [0.4, 0.5) is 23.2 Å². The number of pyridine rings is 1. The zero-order valence-electron chi connectivity index (χ0n) is 22.1. The lowest BCUT2D eigenvalue weighted by atomic mass is 9.99. The highest BCUT2D eigenvalue weighted by atomic mass is 19.4. The molecule has 6 rings (SSSR count). The molecule has 0 saturated carbocycles. The summed E-state index contributed by atoms with van der Waals surface area (Å²) in [4.78, 5) is 6.66. The van der Waals surface area contributed by atoms with Crippen LogP contribution in [0.25, 0.3) is 33.8 Å². The van der Waals surface area contributed by atoms with Gasteiger partial charge >= 0.3 is 6.18 Å². The van der Waals surface area contributed by atoms with Crippen LogP contribution in [0, 0.1) is 5.82 Å². The lowest BCUT2D eigenvalue weighted by Gasteiger charge is -2.38. The van der Waals surface area contributed by atoms with Crippen LogP contribution in [-0.2, 0) is 18.3 Å². The Bertz CT molecular complexity index is 1500. The summed E-state index contributed by atoms with van der Waals surface area (Å²) in [6, 6.07) is 3.07. The van der Waals surface area contributed by atoms with Crippen molar-refractivity contribution in [3.05, 3.63) is 30.3 Å². The number of aryl methyl sites for hydroxylation is 1. The van der Waals surface area contributed by atoms with Crippen LogP contribution in [0.5, 0.6) is 0 Å². The summed E-state index contributed by atoms with van der Waals surface area (Å²) in [7, 11) is 1.58. The Morgan fingerprint density at radius 2 is 2.00 bits per heavy atom. The molecule has 4 aromatic heterocycles. The third kappa shape index (κ3) is 4.83. The quantitative estimate of drug-likeness (QED) is 0.359. The van der Waals surface area contributed by atoms with Gasteiger partial charge in [-0.2, -0.15) is 28.5 Å². The molecule has 0 bridgehead atoms. The van der Waals surface area contributed by atoms with Crippen molar-refractivity contribution >= 4 is 16.7 Å². The van der Waals surface area contributed by atoms with Crippen LogP contribution in [0.15, 0.2) is 24.5 Å². The van der Waals surface area contributed by atoms with Crippen LogP contribution in [0.1, 0.15) is 45.3 Å². The topological polar surface area (TPSA) is 99.1 Å². The molecule has 214 valence electrons. The van der Waals surface area contributed by atoms with Gasteiger partial charge in [0.15, 0.2) is 12.0 Å². The fourth-order valence-corrected chi connectivity index (χ4v) is 5.81. The summed E-state index contributed by atoms with van der Waals surface area (Å²) >= 11 is 0. The average Bonchev–Trinajstić information content (AvgIpc) is 3.60. The molecule has 0 aromatic carbocycles. The number of aliphatic hydroxyl groups is 1. The van der Waals surface area contributed by atoms with E-state index in [1.165, 1.54) is 4.68 Å². The van der Waals surface area contributed by atoms with Crippen molar-refractivity contribution in [1.82, 2.24) is 34.3 Å². The average molecular weight is 563 g/mol. The summed E-state index contributed by atoms with van der Waals surface area (Å²) in [6.07, 6.45) is 0.596. The van der Waals surface area contributed by atoms with Crippen LogP contribution in [-0.4, -0.2) is 70.9 Å². The van der Waals surface area contributed by atoms with E-state index in [0.29, 0.717) is 43.8 Å². The van der Waals surface area contributed by atoms with Crippen LogP contribution in [0.3, 0.4) is 0 Å². The van der Waals surface area contributed by atoms with Gasteiger partial charge in [0.05, 0.1) is 29.4 Å². The number of fused-ring (bicyclic) bond motifs is 1. The maximum atomic E-state index is 14.9. The first-order valence-corrected chi connectivity index (χ1v) is 13.4. The number of ether oxygens (including phenoxy) is 1.